The minimum atomic E-state index is 0.304. The standard InChI is InChI=1S/C18H14/c1-3-9-15(10-4-1)17-13-7-8-14-18(17)16-11-5-2-6-12-16/h1-11,13-14,18H. The van der Waals surface area contributed by atoms with Gasteiger partial charge in [-0.25, -0.2) is 0 Å². The van der Waals surface area contributed by atoms with Crippen LogP contribution in [0.4, 0.5) is 0 Å². The molecule has 0 aromatic heterocycles. The van der Waals surface area contributed by atoms with Gasteiger partial charge in [-0.1, -0.05) is 78.9 Å². The highest BCUT2D eigenvalue weighted by atomic mass is 14.2. The topological polar surface area (TPSA) is 0 Å². The zero-order valence-corrected chi connectivity index (χ0v) is 10.1. The molecule has 0 nitrogen and oxygen atoms in total. The van der Waals surface area contributed by atoms with E-state index in [1.807, 2.05) is 12.1 Å². The van der Waals surface area contributed by atoms with E-state index < -0.39 is 0 Å². The molecule has 2 aromatic rings. The molecule has 1 unspecified atom stereocenters. The van der Waals surface area contributed by atoms with Gasteiger partial charge in [0.15, 0.2) is 0 Å². The van der Waals surface area contributed by atoms with Gasteiger partial charge in [-0.2, -0.15) is 0 Å². The Morgan fingerprint density at radius 2 is 1.67 bits per heavy atom. The van der Waals surface area contributed by atoms with Crippen molar-refractivity contribution in [3.05, 3.63) is 102 Å². The molecule has 0 amide bonds. The molecule has 0 spiro atoms. The monoisotopic (exact) mass is 230 g/mol. The summed E-state index contributed by atoms with van der Waals surface area (Å²) < 4.78 is 0. The second-order valence-corrected chi connectivity index (χ2v) is 4.36. The fourth-order valence-electron chi connectivity index (χ4n) is 2.32. The summed E-state index contributed by atoms with van der Waals surface area (Å²) in [7, 11) is 0. The second-order valence-electron chi connectivity index (χ2n) is 4.36. The van der Waals surface area contributed by atoms with Crippen molar-refractivity contribution in [2.45, 2.75) is 5.92 Å². The summed E-state index contributed by atoms with van der Waals surface area (Å²) >= 11 is 0. The van der Waals surface area contributed by atoms with Gasteiger partial charge >= 0.3 is 0 Å². The van der Waals surface area contributed by atoms with Gasteiger partial charge < -0.3 is 0 Å². The highest BCUT2D eigenvalue weighted by Gasteiger charge is 2.22. The molecule has 1 atom stereocenters. The number of hydrogen-bond acceptors (Lipinski definition) is 0. The number of benzene rings is 2. The van der Waals surface area contributed by atoms with E-state index in [-0.39, 0.29) is 0 Å². The SMILES string of the molecule is [c]1ccccc1C1C=CC=C[C]1c1ccccc1. The third-order valence-electron chi connectivity index (χ3n) is 3.20. The second kappa shape index (κ2) is 5.05. The zero-order valence-electron chi connectivity index (χ0n) is 10.1. The molecule has 0 saturated carbocycles. The van der Waals surface area contributed by atoms with Crippen molar-refractivity contribution < 1.29 is 0 Å². The number of rotatable bonds is 2. The quantitative estimate of drug-likeness (QED) is 0.720. The first-order chi connectivity index (χ1) is 8.95. The van der Waals surface area contributed by atoms with Crippen LogP contribution in [0.2, 0.25) is 0 Å². The van der Waals surface area contributed by atoms with Crippen LogP contribution in [0.5, 0.6) is 0 Å². The molecule has 0 bridgehead atoms. The first kappa shape index (κ1) is 11.0. The van der Waals surface area contributed by atoms with Crippen LogP contribution in [0, 0.1) is 12.0 Å². The summed E-state index contributed by atoms with van der Waals surface area (Å²) in [6.45, 7) is 0. The average Bonchev–Trinajstić information content (AvgIpc) is 2.49. The van der Waals surface area contributed by atoms with Crippen LogP contribution < -0.4 is 0 Å². The van der Waals surface area contributed by atoms with Gasteiger partial charge in [0.2, 0.25) is 0 Å². The van der Waals surface area contributed by atoms with Crippen molar-refractivity contribution in [3.63, 3.8) is 0 Å². The van der Waals surface area contributed by atoms with E-state index >= 15 is 0 Å². The van der Waals surface area contributed by atoms with Gasteiger partial charge in [0.05, 0.1) is 0 Å². The van der Waals surface area contributed by atoms with Gasteiger partial charge in [0.25, 0.3) is 0 Å². The van der Waals surface area contributed by atoms with E-state index in [0.717, 1.165) is 0 Å². The highest BCUT2D eigenvalue weighted by molar-refractivity contribution is 5.49. The fourth-order valence-corrected chi connectivity index (χ4v) is 2.32. The zero-order chi connectivity index (χ0) is 12.2. The summed E-state index contributed by atoms with van der Waals surface area (Å²) in [6, 6.07) is 22.1. The van der Waals surface area contributed by atoms with Gasteiger partial charge in [-0.3, -0.25) is 0 Å². The molecule has 86 valence electrons. The van der Waals surface area contributed by atoms with E-state index in [1.54, 1.807) is 0 Å². The molecule has 18 heavy (non-hydrogen) atoms. The number of allylic oxidation sites excluding steroid dienone is 4. The van der Waals surface area contributed by atoms with Gasteiger partial charge in [0.1, 0.15) is 0 Å². The summed E-state index contributed by atoms with van der Waals surface area (Å²) in [5.41, 5.74) is 2.50. The Labute approximate surface area is 108 Å². The third kappa shape index (κ3) is 2.14. The average molecular weight is 230 g/mol. The molecule has 0 heterocycles. The molecule has 2 aromatic carbocycles. The Morgan fingerprint density at radius 1 is 0.833 bits per heavy atom. The van der Waals surface area contributed by atoms with Crippen molar-refractivity contribution in [2.24, 2.45) is 0 Å². The Morgan fingerprint density at radius 3 is 2.44 bits per heavy atom. The Bertz CT molecular complexity index is 496. The van der Waals surface area contributed by atoms with Gasteiger partial charge in [0, 0.05) is 11.8 Å². The molecule has 0 N–H and O–H groups in total. The lowest BCUT2D eigenvalue weighted by atomic mass is 9.79. The van der Waals surface area contributed by atoms with Crippen LogP contribution >= 0.6 is 0 Å². The largest absolute Gasteiger partial charge is 0.0757 e. The van der Waals surface area contributed by atoms with Crippen molar-refractivity contribution in [1.82, 2.24) is 0 Å². The molecule has 2 radical (unpaired) electrons. The van der Waals surface area contributed by atoms with E-state index in [1.165, 1.54) is 17.0 Å². The van der Waals surface area contributed by atoms with E-state index in [9.17, 15) is 0 Å². The van der Waals surface area contributed by atoms with Crippen LogP contribution in [-0.4, -0.2) is 0 Å². The predicted molar refractivity (Wildman–Crippen MR) is 75.1 cm³/mol. The maximum absolute atomic E-state index is 3.33. The normalized spacial score (nSPS) is 19.0. The molecular formula is C18H14. The lowest BCUT2D eigenvalue weighted by molar-refractivity contribution is 0.912. The highest BCUT2D eigenvalue weighted by Crippen LogP contribution is 2.36. The molecule has 0 aliphatic heterocycles. The van der Waals surface area contributed by atoms with Crippen LogP contribution in [0.25, 0.3) is 0 Å². The molecule has 1 aliphatic rings. The van der Waals surface area contributed by atoms with Crippen LogP contribution in [0.1, 0.15) is 17.0 Å². The lowest BCUT2D eigenvalue weighted by Gasteiger charge is -2.24. The van der Waals surface area contributed by atoms with Crippen molar-refractivity contribution >= 4 is 0 Å². The van der Waals surface area contributed by atoms with Crippen molar-refractivity contribution in [2.75, 3.05) is 0 Å². The molecule has 0 heteroatoms. The molecule has 0 saturated heterocycles. The predicted octanol–water partition coefficient (Wildman–Crippen LogP) is 4.32. The fraction of sp³-hybridized carbons (Fsp3) is 0.0556. The first-order valence-electron chi connectivity index (χ1n) is 6.19. The van der Waals surface area contributed by atoms with E-state index in [2.05, 4.69) is 72.8 Å². The van der Waals surface area contributed by atoms with E-state index in [4.69, 9.17) is 0 Å². The van der Waals surface area contributed by atoms with Crippen LogP contribution in [-0.2, 0) is 0 Å². The summed E-state index contributed by atoms with van der Waals surface area (Å²) in [5, 5.41) is 0. The minimum absolute atomic E-state index is 0.304. The van der Waals surface area contributed by atoms with Gasteiger partial charge in [-0.05, 0) is 17.2 Å². The van der Waals surface area contributed by atoms with Crippen molar-refractivity contribution in [1.29, 1.82) is 0 Å². The lowest BCUT2D eigenvalue weighted by Crippen LogP contribution is -2.10. The number of hydrogen-bond donors (Lipinski definition) is 0. The molecule has 1 aliphatic carbocycles. The Balaban J connectivity index is 1.98. The molecule has 0 fully saturated rings. The first-order valence-corrected chi connectivity index (χ1v) is 6.19. The van der Waals surface area contributed by atoms with Crippen molar-refractivity contribution in [3.8, 4) is 0 Å². The smallest absolute Gasteiger partial charge is 0.0379 e. The molecule has 3 rings (SSSR count). The minimum Gasteiger partial charge on any atom is -0.0757 e. The Kier molecular flexibility index (Phi) is 3.10. The van der Waals surface area contributed by atoms with Crippen LogP contribution in [0.3, 0.4) is 0 Å². The van der Waals surface area contributed by atoms with Crippen LogP contribution in [0.15, 0.2) is 78.9 Å². The maximum Gasteiger partial charge on any atom is 0.0379 e. The molecular weight excluding hydrogens is 216 g/mol. The Hall–Kier alpha value is -2.08. The van der Waals surface area contributed by atoms with E-state index in [0.29, 0.717) is 5.92 Å². The summed E-state index contributed by atoms with van der Waals surface area (Å²) in [6.07, 6.45) is 8.63. The third-order valence-corrected chi connectivity index (χ3v) is 3.20. The summed E-state index contributed by atoms with van der Waals surface area (Å²) in [5.74, 6) is 1.64. The van der Waals surface area contributed by atoms with Gasteiger partial charge in [-0.15, -0.1) is 0 Å². The summed E-state index contributed by atoms with van der Waals surface area (Å²) in [4.78, 5) is 0. The maximum atomic E-state index is 3.33.